The van der Waals surface area contributed by atoms with Gasteiger partial charge in [-0.1, -0.05) is 13.8 Å². The fourth-order valence-electron chi connectivity index (χ4n) is 1.34. The van der Waals surface area contributed by atoms with E-state index >= 15 is 0 Å². The van der Waals surface area contributed by atoms with Gasteiger partial charge < -0.3 is 5.73 Å². The Balaban J connectivity index is 2.22. The maximum atomic E-state index is 5.86. The molecular formula is C8H17N. The molecule has 0 radical (unpaired) electrons. The van der Waals surface area contributed by atoms with Crippen molar-refractivity contribution in [1.82, 2.24) is 0 Å². The van der Waals surface area contributed by atoms with Gasteiger partial charge in [0.05, 0.1) is 0 Å². The van der Waals surface area contributed by atoms with Crippen LogP contribution in [0, 0.1) is 11.8 Å². The van der Waals surface area contributed by atoms with Crippen molar-refractivity contribution >= 4 is 0 Å². The van der Waals surface area contributed by atoms with Crippen LogP contribution in [0.3, 0.4) is 0 Å². The molecule has 0 aromatic heterocycles. The number of hydrogen-bond donors (Lipinski definition) is 1. The summed E-state index contributed by atoms with van der Waals surface area (Å²) in [6, 6.07) is 0.456. The van der Waals surface area contributed by atoms with E-state index in [9.17, 15) is 0 Å². The van der Waals surface area contributed by atoms with Crippen molar-refractivity contribution in [1.29, 1.82) is 0 Å². The standard InChI is InChI=1S/C8H17N/c1-3-8(9)6(2)7-4-5-7/h6-8H,3-5,9H2,1-2H3. The molecule has 54 valence electrons. The Bertz CT molecular complexity index is 86.6. The van der Waals surface area contributed by atoms with Crippen molar-refractivity contribution in [3.63, 3.8) is 0 Å². The van der Waals surface area contributed by atoms with Gasteiger partial charge in [-0.15, -0.1) is 0 Å². The molecule has 0 amide bonds. The van der Waals surface area contributed by atoms with E-state index in [1.54, 1.807) is 0 Å². The zero-order valence-corrected chi connectivity index (χ0v) is 6.43. The van der Waals surface area contributed by atoms with Crippen LogP contribution in [-0.4, -0.2) is 6.04 Å². The molecule has 0 aliphatic heterocycles. The Hall–Kier alpha value is -0.0400. The van der Waals surface area contributed by atoms with Gasteiger partial charge in [0.25, 0.3) is 0 Å². The van der Waals surface area contributed by atoms with Gasteiger partial charge in [-0.25, -0.2) is 0 Å². The molecule has 1 aliphatic rings. The molecule has 0 bridgehead atoms. The Kier molecular flexibility index (Phi) is 2.12. The lowest BCUT2D eigenvalue weighted by atomic mass is 9.96. The van der Waals surface area contributed by atoms with Gasteiger partial charge in [0.2, 0.25) is 0 Å². The summed E-state index contributed by atoms with van der Waals surface area (Å²) in [6.07, 6.45) is 3.99. The first-order valence-corrected chi connectivity index (χ1v) is 4.01. The molecule has 1 heteroatoms. The largest absolute Gasteiger partial charge is 0.327 e. The van der Waals surface area contributed by atoms with Crippen molar-refractivity contribution in [3.8, 4) is 0 Å². The maximum absolute atomic E-state index is 5.86. The molecule has 9 heavy (non-hydrogen) atoms. The van der Waals surface area contributed by atoms with E-state index in [2.05, 4.69) is 13.8 Å². The lowest BCUT2D eigenvalue weighted by Crippen LogP contribution is -2.28. The highest BCUT2D eigenvalue weighted by molar-refractivity contribution is 4.83. The third-order valence-electron chi connectivity index (χ3n) is 2.51. The molecule has 0 aromatic rings. The van der Waals surface area contributed by atoms with Gasteiger partial charge >= 0.3 is 0 Å². The summed E-state index contributed by atoms with van der Waals surface area (Å²) in [5.74, 6) is 1.75. The summed E-state index contributed by atoms with van der Waals surface area (Å²) in [6.45, 7) is 4.45. The summed E-state index contributed by atoms with van der Waals surface area (Å²) >= 11 is 0. The number of hydrogen-bond acceptors (Lipinski definition) is 1. The average Bonchev–Trinajstić information content (AvgIpc) is 2.66. The predicted octanol–water partition coefficient (Wildman–Crippen LogP) is 1.77. The summed E-state index contributed by atoms with van der Waals surface area (Å²) in [7, 11) is 0. The second-order valence-electron chi connectivity index (χ2n) is 3.27. The summed E-state index contributed by atoms with van der Waals surface area (Å²) < 4.78 is 0. The molecule has 2 unspecified atom stereocenters. The minimum absolute atomic E-state index is 0.456. The van der Waals surface area contributed by atoms with E-state index in [4.69, 9.17) is 5.73 Å². The molecule has 1 saturated carbocycles. The van der Waals surface area contributed by atoms with Crippen molar-refractivity contribution in [2.24, 2.45) is 17.6 Å². The molecule has 1 nitrogen and oxygen atoms in total. The third-order valence-corrected chi connectivity index (χ3v) is 2.51. The van der Waals surface area contributed by atoms with E-state index in [1.165, 1.54) is 12.8 Å². The summed E-state index contributed by atoms with van der Waals surface area (Å²) in [5.41, 5.74) is 5.86. The highest BCUT2D eigenvalue weighted by atomic mass is 14.7. The fourth-order valence-corrected chi connectivity index (χ4v) is 1.34. The van der Waals surface area contributed by atoms with Gasteiger partial charge in [0.15, 0.2) is 0 Å². The Morgan fingerprint density at radius 2 is 2.11 bits per heavy atom. The van der Waals surface area contributed by atoms with Crippen LogP contribution in [0.15, 0.2) is 0 Å². The van der Waals surface area contributed by atoms with E-state index in [0.717, 1.165) is 18.3 Å². The minimum Gasteiger partial charge on any atom is -0.327 e. The minimum atomic E-state index is 0.456. The predicted molar refractivity (Wildman–Crippen MR) is 40.2 cm³/mol. The first-order valence-electron chi connectivity index (χ1n) is 4.01. The van der Waals surface area contributed by atoms with Crippen LogP contribution >= 0.6 is 0 Å². The molecule has 1 rings (SSSR count). The average molecular weight is 127 g/mol. The Morgan fingerprint density at radius 1 is 1.56 bits per heavy atom. The lowest BCUT2D eigenvalue weighted by Gasteiger charge is -2.16. The number of nitrogens with two attached hydrogens (primary N) is 1. The van der Waals surface area contributed by atoms with Crippen LogP contribution in [0.1, 0.15) is 33.1 Å². The first-order chi connectivity index (χ1) is 4.25. The Morgan fingerprint density at radius 3 is 2.44 bits per heavy atom. The normalized spacial score (nSPS) is 25.7. The quantitative estimate of drug-likeness (QED) is 0.614. The van der Waals surface area contributed by atoms with Crippen LogP contribution in [0.2, 0.25) is 0 Å². The van der Waals surface area contributed by atoms with Gasteiger partial charge in [-0.3, -0.25) is 0 Å². The highest BCUT2D eigenvalue weighted by Crippen LogP contribution is 2.38. The SMILES string of the molecule is CCC(N)C(C)C1CC1. The van der Waals surface area contributed by atoms with Crippen molar-refractivity contribution in [3.05, 3.63) is 0 Å². The van der Waals surface area contributed by atoms with E-state index in [1.807, 2.05) is 0 Å². The van der Waals surface area contributed by atoms with E-state index in [0.29, 0.717) is 6.04 Å². The van der Waals surface area contributed by atoms with Crippen LogP contribution in [0.4, 0.5) is 0 Å². The topological polar surface area (TPSA) is 26.0 Å². The third kappa shape index (κ3) is 1.68. The smallest absolute Gasteiger partial charge is 0.00645 e. The molecule has 1 aliphatic carbocycles. The second kappa shape index (κ2) is 2.70. The molecule has 1 fully saturated rings. The van der Waals surface area contributed by atoms with Crippen molar-refractivity contribution in [2.75, 3.05) is 0 Å². The zero-order valence-electron chi connectivity index (χ0n) is 6.43. The number of rotatable bonds is 3. The molecule has 0 saturated heterocycles. The highest BCUT2D eigenvalue weighted by Gasteiger charge is 2.30. The van der Waals surface area contributed by atoms with Gasteiger partial charge in [0.1, 0.15) is 0 Å². The van der Waals surface area contributed by atoms with Crippen LogP contribution in [-0.2, 0) is 0 Å². The first kappa shape index (κ1) is 7.07. The van der Waals surface area contributed by atoms with E-state index < -0.39 is 0 Å². The molecule has 0 aromatic carbocycles. The Labute approximate surface area is 57.6 Å². The molecule has 2 N–H and O–H groups in total. The van der Waals surface area contributed by atoms with Crippen molar-refractivity contribution < 1.29 is 0 Å². The second-order valence-corrected chi connectivity index (χ2v) is 3.27. The molecule has 0 spiro atoms. The summed E-state index contributed by atoms with van der Waals surface area (Å²) in [4.78, 5) is 0. The molecule has 2 atom stereocenters. The van der Waals surface area contributed by atoms with Gasteiger partial charge in [0, 0.05) is 6.04 Å². The van der Waals surface area contributed by atoms with Crippen molar-refractivity contribution in [2.45, 2.75) is 39.2 Å². The van der Waals surface area contributed by atoms with Gasteiger partial charge in [-0.2, -0.15) is 0 Å². The zero-order chi connectivity index (χ0) is 6.85. The van der Waals surface area contributed by atoms with E-state index in [-0.39, 0.29) is 0 Å². The van der Waals surface area contributed by atoms with Gasteiger partial charge in [-0.05, 0) is 31.1 Å². The monoisotopic (exact) mass is 127 g/mol. The van der Waals surface area contributed by atoms with Crippen LogP contribution in [0.25, 0.3) is 0 Å². The molecule has 0 heterocycles. The molecular weight excluding hydrogens is 110 g/mol. The maximum Gasteiger partial charge on any atom is 0.00645 e. The fraction of sp³-hybridized carbons (Fsp3) is 1.00. The summed E-state index contributed by atoms with van der Waals surface area (Å²) in [5, 5.41) is 0. The lowest BCUT2D eigenvalue weighted by molar-refractivity contribution is 0.398. The van der Waals surface area contributed by atoms with Crippen LogP contribution < -0.4 is 5.73 Å². The van der Waals surface area contributed by atoms with Crippen LogP contribution in [0.5, 0.6) is 0 Å².